The number of esters is 3. The van der Waals surface area contributed by atoms with Crippen molar-refractivity contribution in [3.63, 3.8) is 0 Å². The molecule has 0 aliphatic carbocycles. The number of rotatable bonds is 63. The summed E-state index contributed by atoms with van der Waals surface area (Å²) in [5.74, 6) is -0.977. The molecule has 0 heterocycles. The first-order valence-corrected chi connectivity index (χ1v) is 34.4. The van der Waals surface area contributed by atoms with Gasteiger partial charge in [0.1, 0.15) is 13.2 Å². The van der Waals surface area contributed by atoms with E-state index in [4.69, 9.17) is 14.2 Å². The van der Waals surface area contributed by atoms with E-state index in [1.165, 1.54) is 231 Å². The van der Waals surface area contributed by atoms with Crippen molar-refractivity contribution in [1.29, 1.82) is 0 Å². The van der Waals surface area contributed by atoms with Crippen molar-refractivity contribution in [3.8, 4) is 0 Å². The number of hydrogen-bond donors (Lipinski definition) is 0. The van der Waals surface area contributed by atoms with E-state index in [0.717, 1.165) is 77.0 Å². The molecule has 0 aromatic rings. The molecule has 79 heavy (non-hydrogen) atoms. The van der Waals surface area contributed by atoms with Crippen molar-refractivity contribution in [3.05, 3.63) is 72.9 Å². The first-order valence-electron chi connectivity index (χ1n) is 34.4. The van der Waals surface area contributed by atoms with Gasteiger partial charge < -0.3 is 14.2 Å². The Balaban J connectivity index is 4.05. The van der Waals surface area contributed by atoms with Crippen LogP contribution in [0.25, 0.3) is 0 Å². The van der Waals surface area contributed by atoms with Gasteiger partial charge in [-0.25, -0.2) is 0 Å². The van der Waals surface area contributed by atoms with E-state index < -0.39 is 6.10 Å². The summed E-state index contributed by atoms with van der Waals surface area (Å²) in [6.07, 6.45) is 88.5. The fourth-order valence-electron chi connectivity index (χ4n) is 10.1. The standard InChI is InChI=1S/C73H130O6/c1-4-7-10-13-16-19-21-23-25-27-29-30-31-32-33-34-35-36-37-38-39-40-41-42-43-45-46-48-50-52-54-57-60-63-66-72(75)78-69-70(68-77-71(74)65-62-59-56-18-15-12-9-6-3)79-73(76)67-64-61-58-55-53-51-49-47-44-28-26-24-22-20-17-14-11-8-5-2/h8,11,17,20,24,26,44,47,51,53,58,61,70H,4-7,9-10,12-16,18-19,21-23,25,27-43,45-46,48-50,52,54-57,59-60,62-69H2,1-3H3/b11-8-,20-17-,26-24-,47-44-,53-51-,61-58-. The Kier molecular flexibility index (Phi) is 64.7. The highest BCUT2D eigenvalue weighted by Crippen LogP contribution is 2.18. The summed E-state index contributed by atoms with van der Waals surface area (Å²) in [5.41, 5.74) is 0. The summed E-state index contributed by atoms with van der Waals surface area (Å²) < 4.78 is 16.8. The number of carbonyl (C=O) groups excluding carboxylic acids is 3. The van der Waals surface area contributed by atoms with E-state index in [1.807, 2.05) is 6.08 Å². The molecule has 0 aromatic carbocycles. The molecule has 1 atom stereocenters. The zero-order chi connectivity index (χ0) is 57.1. The van der Waals surface area contributed by atoms with Gasteiger partial charge in [0.25, 0.3) is 0 Å². The molecule has 0 aromatic heterocycles. The lowest BCUT2D eigenvalue weighted by atomic mass is 10.0. The molecule has 0 aliphatic rings. The molecule has 0 fully saturated rings. The Morgan fingerprint density at radius 2 is 0.494 bits per heavy atom. The van der Waals surface area contributed by atoms with Crippen LogP contribution in [0.1, 0.15) is 355 Å². The molecule has 6 nitrogen and oxygen atoms in total. The van der Waals surface area contributed by atoms with E-state index in [-0.39, 0.29) is 37.5 Å². The Hall–Kier alpha value is -3.15. The van der Waals surface area contributed by atoms with Crippen LogP contribution in [0.15, 0.2) is 72.9 Å². The normalized spacial score (nSPS) is 12.5. The molecule has 0 radical (unpaired) electrons. The first-order chi connectivity index (χ1) is 39.0. The lowest BCUT2D eigenvalue weighted by molar-refractivity contribution is -0.166. The minimum absolute atomic E-state index is 0.102. The van der Waals surface area contributed by atoms with Crippen LogP contribution in [-0.4, -0.2) is 37.2 Å². The van der Waals surface area contributed by atoms with Crippen LogP contribution in [0.3, 0.4) is 0 Å². The topological polar surface area (TPSA) is 78.9 Å². The van der Waals surface area contributed by atoms with Crippen molar-refractivity contribution >= 4 is 17.9 Å². The molecule has 0 spiro atoms. The maximum Gasteiger partial charge on any atom is 0.306 e. The predicted molar refractivity (Wildman–Crippen MR) is 344 cm³/mol. The van der Waals surface area contributed by atoms with E-state index in [9.17, 15) is 14.4 Å². The largest absolute Gasteiger partial charge is 0.462 e. The molecule has 458 valence electrons. The van der Waals surface area contributed by atoms with Gasteiger partial charge in [0.15, 0.2) is 6.10 Å². The lowest BCUT2D eigenvalue weighted by Gasteiger charge is -2.18. The van der Waals surface area contributed by atoms with Crippen LogP contribution in [-0.2, 0) is 28.6 Å². The van der Waals surface area contributed by atoms with Crippen molar-refractivity contribution in [2.75, 3.05) is 13.2 Å². The second-order valence-electron chi connectivity index (χ2n) is 23.1. The highest BCUT2D eigenvalue weighted by atomic mass is 16.6. The van der Waals surface area contributed by atoms with Gasteiger partial charge in [-0.15, -0.1) is 0 Å². The average molecular weight is 1100 g/mol. The molecule has 0 rings (SSSR count). The van der Waals surface area contributed by atoms with Crippen molar-refractivity contribution in [2.24, 2.45) is 0 Å². The molecule has 0 saturated heterocycles. The minimum Gasteiger partial charge on any atom is -0.462 e. The molecule has 0 N–H and O–H groups in total. The quantitative estimate of drug-likeness (QED) is 0.0261. The summed E-state index contributed by atoms with van der Waals surface area (Å²) >= 11 is 0. The Bertz CT molecular complexity index is 1450. The summed E-state index contributed by atoms with van der Waals surface area (Å²) in [7, 11) is 0. The summed E-state index contributed by atoms with van der Waals surface area (Å²) in [6, 6.07) is 0. The van der Waals surface area contributed by atoms with Crippen LogP contribution in [0, 0.1) is 0 Å². The van der Waals surface area contributed by atoms with Gasteiger partial charge in [-0.3, -0.25) is 14.4 Å². The SMILES string of the molecule is CC/C=C\C/C=C\C/C=C\C/C=C\C/C=C\C/C=C\CCC(=O)OC(COC(=O)CCCCCCCCCC)COC(=O)CCCCCCCCCCCCCCCCCCCCCCCCCCCCCCCCCCCC. The third kappa shape index (κ3) is 65.5. The highest BCUT2D eigenvalue weighted by Gasteiger charge is 2.19. The smallest absolute Gasteiger partial charge is 0.306 e. The zero-order valence-corrected chi connectivity index (χ0v) is 52.6. The fraction of sp³-hybridized carbons (Fsp3) is 0.795. The lowest BCUT2D eigenvalue weighted by Crippen LogP contribution is -2.30. The van der Waals surface area contributed by atoms with Gasteiger partial charge >= 0.3 is 17.9 Å². The van der Waals surface area contributed by atoms with Crippen LogP contribution in [0.2, 0.25) is 0 Å². The van der Waals surface area contributed by atoms with E-state index in [0.29, 0.717) is 19.3 Å². The number of hydrogen-bond acceptors (Lipinski definition) is 6. The molecule has 1 unspecified atom stereocenters. The second kappa shape index (κ2) is 67.4. The van der Waals surface area contributed by atoms with Crippen molar-refractivity contribution in [2.45, 2.75) is 361 Å². The summed E-state index contributed by atoms with van der Waals surface area (Å²) in [6.45, 7) is 6.48. The van der Waals surface area contributed by atoms with E-state index >= 15 is 0 Å². The van der Waals surface area contributed by atoms with E-state index in [2.05, 4.69) is 87.6 Å². The molecular weight excluding hydrogens is 973 g/mol. The molecular formula is C73H130O6. The van der Waals surface area contributed by atoms with Gasteiger partial charge in [0.05, 0.1) is 0 Å². The summed E-state index contributed by atoms with van der Waals surface area (Å²) in [4.78, 5) is 38.1. The van der Waals surface area contributed by atoms with Crippen LogP contribution < -0.4 is 0 Å². The van der Waals surface area contributed by atoms with Gasteiger partial charge in [-0.05, 0) is 57.8 Å². The highest BCUT2D eigenvalue weighted by molar-refractivity contribution is 5.71. The Morgan fingerprint density at radius 1 is 0.266 bits per heavy atom. The van der Waals surface area contributed by atoms with Gasteiger partial charge in [-0.2, -0.15) is 0 Å². The average Bonchev–Trinajstić information content (AvgIpc) is 3.45. The molecule has 0 saturated carbocycles. The van der Waals surface area contributed by atoms with Crippen LogP contribution in [0.4, 0.5) is 0 Å². The maximum absolute atomic E-state index is 12.8. The van der Waals surface area contributed by atoms with Crippen molar-refractivity contribution in [1.82, 2.24) is 0 Å². The first kappa shape index (κ1) is 75.8. The molecule has 0 amide bonds. The number of unbranched alkanes of at least 4 members (excludes halogenated alkanes) is 40. The second-order valence-corrected chi connectivity index (χ2v) is 23.1. The fourth-order valence-corrected chi connectivity index (χ4v) is 10.1. The number of allylic oxidation sites excluding steroid dienone is 12. The van der Waals surface area contributed by atoms with Crippen LogP contribution >= 0.6 is 0 Å². The van der Waals surface area contributed by atoms with Gasteiger partial charge in [0, 0.05) is 19.3 Å². The Morgan fingerprint density at radius 3 is 0.747 bits per heavy atom. The molecule has 0 aliphatic heterocycles. The minimum atomic E-state index is -0.813. The van der Waals surface area contributed by atoms with Crippen LogP contribution in [0.5, 0.6) is 0 Å². The van der Waals surface area contributed by atoms with E-state index in [1.54, 1.807) is 0 Å². The number of ether oxygens (including phenoxy) is 3. The monoisotopic (exact) mass is 1100 g/mol. The van der Waals surface area contributed by atoms with Crippen molar-refractivity contribution < 1.29 is 28.6 Å². The molecule has 0 bridgehead atoms. The zero-order valence-electron chi connectivity index (χ0n) is 52.6. The third-order valence-electron chi connectivity index (χ3n) is 15.2. The van der Waals surface area contributed by atoms with Gasteiger partial charge in [0.2, 0.25) is 0 Å². The molecule has 6 heteroatoms. The predicted octanol–water partition coefficient (Wildman–Crippen LogP) is 23.7. The third-order valence-corrected chi connectivity index (χ3v) is 15.2. The number of carbonyl (C=O) groups is 3. The Labute approximate surface area is 491 Å². The van der Waals surface area contributed by atoms with Gasteiger partial charge in [-0.1, -0.05) is 351 Å². The maximum atomic E-state index is 12.8. The summed E-state index contributed by atoms with van der Waals surface area (Å²) in [5, 5.41) is 0.